The van der Waals surface area contributed by atoms with E-state index in [1.807, 2.05) is 0 Å². The van der Waals surface area contributed by atoms with Crippen molar-refractivity contribution in [1.29, 1.82) is 0 Å². The molecular formula is C12H17N3O4S. The first kappa shape index (κ1) is 16.1. The molecule has 1 rings (SSSR count). The van der Waals surface area contributed by atoms with Crippen molar-refractivity contribution >= 4 is 21.8 Å². The van der Waals surface area contributed by atoms with Gasteiger partial charge in [-0.1, -0.05) is 6.08 Å². The molecule has 1 heterocycles. The monoisotopic (exact) mass is 299 g/mol. The molecule has 110 valence electrons. The van der Waals surface area contributed by atoms with Crippen LogP contribution in [0.4, 0.5) is 5.82 Å². The van der Waals surface area contributed by atoms with Crippen LogP contribution in [0.5, 0.6) is 0 Å². The second-order valence-corrected chi connectivity index (χ2v) is 6.35. The molecule has 0 saturated carbocycles. The first-order chi connectivity index (χ1) is 9.28. The average Bonchev–Trinajstić information content (AvgIpc) is 2.37. The average molecular weight is 299 g/mol. The Morgan fingerprint density at radius 3 is 2.50 bits per heavy atom. The van der Waals surface area contributed by atoms with Crippen molar-refractivity contribution in [2.45, 2.75) is 4.90 Å². The fourth-order valence-corrected chi connectivity index (χ4v) is 2.33. The molecule has 0 bridgehead atoms. The summed E-state index contributed by atoms with van der Waals surface area (Å²) in [6.07, 6.45) is 2.76. The van der Waals surface area contributed by atoms with Gasteiger partial charge in [0.1, 0.15) is 17.3 Å². The number of hydrogen-bond acceptors (Lipinski definition) is 5. The van der Waals surface area contributed by atoms with Crippen LogP contribution in [0.15, 0.2) is 35.9 Å². The van der Waals surface area contributed by atoms with Gasteiger partial charge in [0.15, 0.2) is 0 Å². The molecule has 0 aliphatic heterocycles. The molecule has 7 nitrogen and oxygen atoms in total. The molecule has 0 aromatic carbocycles. The normalized spacial score (nSPS) is 11.3. The zero-order valence-electron chi connectivity index (χ0n) is 11.4. The Balaban J connectivity index is 3.05. The number of carboxylic acids is 1. The third-order valence-corrected chi connectivity index (χ3v) is 4.30. The van der Waals surface area contributed by atoms with Crippen LogP contribution in [0.25, 0.3) is 0 Å². The van der Waals surface area contributed by atoms with Gasteiger partial charge in [0.25, 0.3) is 0 Å². The topological polar surface area (TPSA) is 90.8 Å². The third-order valence-electron chi connectivity index (χ3n) is 2.50. The van der Waals surface area contributed by atoms with E-state index in [4.69, 9.17) is 5.11 Å². The lowest BCUT2D eigenvalue weighted by Crippen LogP contribution is -2.30. The second-order valence-electron chi connectivity index (χ2n) is 4.20. The molecule has 0 aliphatic rings. The van der Waals surface area contributed by atoms with Gasteiger partial charge in [0.05, 0.1) is 0 Å². The van der Waals surface area contributed by atoms with E-state index >= 15 is 0 Å². The predicted octanol–water partition coefficient (Wildman–Crippen LogP) is 0.409. The lowest BCUT2D eigenvalue weighted by atomic mass is 10.4. The highest BCUT2D eigenvalue weighted by Gasteiger charge is 2.18. The van der Waals surface area contributed by atoms with E-state index in [0.29, 0.717) is 12.4 Å². The van der Waals surface area contributed by atoms with Gasteiger partial charge < -0.3 is 10.0 Å². The van der Waals surface area contributed by atoms with Crippen molar-refractivity contribution in [2.24, 2.45) is 0 Å². The summed E-state index contributed by atoms with van der Waals surface area (Å²) in [4.78, 5) is 16.3. The van der Waals surface area contributed by atoms with E-state index in [0.717, 1.165) is 4.31 Å². The minimum absolute atomic E-state index is 0.0557. The van der Waals surface area contributed by atoms with Crippen molar-refractivity contribution in [3.05, 3.63) is 31.0 Å². The minimum Gasteiger partial charge on any atom is -0.480 e. The molecule has 0 saturated heterocycles. The fourth-order valence-electron chi connectivity index (χ4n) is 1.48. The summed E-state index contributed by atoms with van der Waals surface area (Å²) >= 11 is 0. The van der Waals surface area contributed by atoms with Gasteiger partial charge in [-0.25, -0.2) is 17.7 Å². The molecule has 8 heteroatoms. The number of pyridine rings is 1. The largest absolute Gasteiger partial charge is 0.480 e. The number of aromatic nitrogens is 1. The summed E-state index contributed by atoms with van der Waals surface area (Å²) in [5.41, 5.74) is 0. The maximum Gasteiger partial charge on any atom is 0.323 e. The Morgan fingerprint density at radius 2 is 2.10 bits per heavy atom. The lowest BCUT2D eigenvalue weighted by molar-refractivity contribution is -0.135. The van der Waals surface area contributed by atoms with Crippen molar-refractivity contribution in [3.63, 3.8) is 0 Å². The van der Waals surface area contributed by atoms with Gasteiger partial charge in [0.2, 0.25) is 10.0 Å². The number of anilines is 1. The summed E-state index contributed by atoms with van der Waals surface area (Å²) in [5.74, 6) is -0.622. The lowest BCUT2D eigenvalue weighted by Gasteiger charge is -2.20. The quantitative estimate of drug-likeness (QED) is 0.733. The number of carboxylic acid groups (broad SMARTS) is 1. The molecule has 1 aromatic heterocycles. The molecule has 0 radical (unpaired) electrons. The van der Waals surface area contributed by atoms with Gasteiger partial charge >= 0.3 is 5.97 Å². The Morgan fingerprint density at radius 1 is 1.45 bits per heavy atom. The first-order valence-corrected chi connectivity index (χ1v) is 7.19. The number of aliphatic carboxylic acids is 1. The number of hydrogen-bond donors (Lipinski definition) is 1. The van der Waals surface area contributed by atoms with E-state index < -0.39 is 16.0 Å². The Kier molecular flexibility index (Phi) is 5.23. The zero-order valence-corrected chi connectivity index (χ0v) is 12.2. The molecule has 0 aliphatic carbocycles. The van der Waals surface area contributed by atoms with Crippen molar-refractivity contribution in [2.75, 3.05) is 32.1 Å². The summed E-state index contributed by atoms with van der Waals surface area (Å²) in [6.45, 7) is 3.62. The summed E-state index contributed by atoms with van der Waals surface area (Å²) in [6, 6.07) is 2.87. The first-order valence-electron chi connectivity index (χ1n) is 5.75. The molecule has 0 unspecified atom stereocenters. The van der Waals surface area contributed by atoms with Gasteiger partial charge in [-0.3, -0.25) is 4.79 Å². The number of sulfonamides is 1. The molecular weight excluding hydrogens is 282 g/mol. The fraction of sp³-hybridized carbons (Fsp3) is 0.333. The maximum atomic E-state index is 11.9. The second kappa shape index (κ2) is 6.49. The zero-order chi connectivity index (χ0) is 15.3. The van der Waals surface area contributed by atoms with Gasteiger partial charge in [-0.05, 0) is 12.1 Å². The van der Waals surface area contributed by atoms with Crippen LogP contribution in [-0.2, 0) is 14.8 Å². The van der Waals surface area contributed by atoms with E-state index in [2.05, 4.69) is 11.6 Å². The van der Waals surface area contributed by atoms with Crippen LogP contribution < -0.4 is 4.90 Å². The van der Waals surface area contributed by atoms with Gasteiger partial charge in [-0.2, -0.15) is 0 Å². The SMILES string of the molecule is C=CCN(CC(=O)O)c1ccc(S(=O)(=O)N(C)C)cn1. The standard InChI is InChI=1S/C12H17N3O4S/c1-4-7-15(9-12(16)17)11-6-5-10(8-13-11)20(18,19)14(2)3/h4-6,8H,1,7,9H2,2-3H3,(H,16,17). The molecule has 1 N–H and O–H groups in total. The molecule has 0 amide bonds. The summed E-state index contributed by atoms with van der Waals surface area (Å²) in [5, 5.41) is 8.82. The predicted molar refractivity (Wildman–Crippen MR) is 75.2 cm³/mol. The molecule has 1 aromatic rings. The number of carbonyl (C=O) groups is 1. The van der Waals surface area contributed by atoms with E-state index in [1.54, 1.807) is 6.08 Å². The molecule has 0 spiro atoms. The highest BCUT2D eigenvalue weighted by Crippen LogP contribution is 2.16. The van der Waals surface area contributed by atoms with Gasteiger partial charge in [0, 0.05) is 26.8 Å². The smallest absolute Gasteiger partial charge is 0.323 e. The van der Waals surface area contributed by atoms with Crippen LogP contribution in [0.1, 0.15) is 0 Å². The Hall–Kier alpha value is -1.93. The van der Waals surface area contributed by atoms with Crippen molar-refractivity contribution < 1.29 is 18.3 Å². The van der Waals surface area contributed by atoms with E-state index in [-0.39, 0.29) is 11.4 Å². The van der Waals surface area contributed by atoms with Crippen LogP contribution in [0, 0.1) is 0 Å². The number of nitrogens with zero attached hydrogens (tertiary/aromatic N) is 3. The van der Waals surface area contributed by atoms with Crippen LogP contribution in [0.2, 0.25) is 0 Å². The highest BCUT2D eigenvalue weighted by atomic mass is 32.2. The van der Waals surface area contributed by atoms with E-state index in [1.165, 1.54) is 37.3 Å². The Labute approximate surface area is 118 Å². The molecule has 20 heavy (non-hydrogen) atoms. The third kappa shape index (κ3) is 3.78. The van der Waals surface area contributed by atoms with Crippen molar-refractivity contribution in [3.8, 4) is 0 Å². The van der Waals surface area contributed by atoms with Crippen LogP contribution in [0.3, 0.4) is 0 Å². The summed E-state index contributed by atoms with van der Waals surface area (Å²) < 4.78 is 24.8. The molecule has 0 atom stereocenters. The van der Waals surface area contributed by atoms with Gasteiger partial charge in [-0.15, -0.1) is 6.58 Å². The molecule has 0 fully saturated rings. The van der Waals surface area contributed by atoms with Crippen LogP contribution >= 0.6 is 0 Å². The summed E-state index contributed by atoms with van der Waals surface area (Å²) in [7, 11) is -0.682. The minimum atomic E-state index is -3.54. The van der Waals surface area contributed by atoms with Crippen molar-refractivity contribution in [1.82, 2.24) is 9.29 Å². The highest BCUT2D eigenvalue weighted by molar-refractivity contribution is 7.89. The number of rotatable bonds is 7. The maximum absolute atomic E-state index is 11.9. The van der Waals surface area contributed by atoms with E-state index in [9.17, 15) is 13.2 Å². The van der Waals surface area contributed by atoms with Crippen LogP contribution in [-0.4, -0.2) is 56.0 Å². The Bertz CT molecular complexity index is 581.